The van der Waals surface area contributed by atoms with Crippen molar-refractivity contribution in [2.45, 2.75) is 58.3 Å². The molecule has 114 valence electrons. The van der Waals surface area contributed by atoms with Gasteiger partial charge in [0.1, 0.15) is 0 Å². The van der Waals surface area contributed by atoms with Crippen molar-refractivity contribution in [1.82, 2.24) is 14.7 Å². The first-order chi connectivity index (χ1) is 10.2. The minimum absolute atomic E-state index is 0.499. The average molecular weight is 286 g/mol. The summed E-state index contributed by atoms with van der Waals surface area (Å²) in [5.41, 5.74) is 8.42. The molecular weight excluding hydrogens is 260 g/mol. The summed E-state index contributed by atoms with van der Waals surface area (Å²) in [4.78, 5) is 2.55. The second-order valence-corrected chi connectivity index (χ2v) is 6.12. The van der Waals surface area contributed by atoms with Crippen LogP contribution in [0.15, 0.2) is 24.3 Å². The predicted molar refractivity (Wildman–Crippen MR) is 87.1 cm³/mol. The SMILES string of the molecule is CCn1nc(CN2C(C)CCCC2CN)c2ccccc21. The standard InChI is InChI=1S/C17H26N4/c1-3-21-17-10-5-4-9-15(17)16(19-21)12-20-13(2)7-6-8-14(20)11-18/h4-5,9-10,13-14H,3,6-8,11-12,18H2,1-2H3. The molecule has 4 heteroatoms. The molecule has 0 bridgehead atoms. The first-order valence-electron chi connectivity index (χ1n) is 8.14. The highest BCUT2D eigenvalue weighted by Gasteiger charge is 2.28. The third-order valence-corrected chi connectivity index (χ3v) is 4.83. The van der Waals surface area contributed by atoms with E-state index in [1.165, 1.54) is 35.9 Å². The average Bonchev–Trinajstić information content (AvgIpc) is 2.87. The molecule has 1 fully saturated rings. The molecule has 2 aromatic rings. The normalized spacial score (nSPS) is 23.8. The minimum atomic E-state index is 0.499. The minimum Gasteiger partial charge on any atom is -0.329 e. The highest BCUT2D eigenvalue weighted by atomic mass is 15.3. The van der Waals surface area contributed by atoms with Gasteiger partial charge in [-0.05, 0) is 32.8 Å². The fourth-order valence-corrected chi connectivity index (χ4v) is 3.61. The molecule has 2 atom stereocenters. The third-order valence-electron chi connectivity index (χ3n) is 4.83. The van der Waals surface area contributed by atoms with E-state index < -0.39 is 0 Å². The van der Waals surface area contributed by atoms with Crippen molar-refractivity contribution >= 4 is 10.9 Å². The number of aryl methyl sites for hydroxylation is 1. The quantitative estimate of drug-likeness (QED) is 0.940. The molecule has 2 heterocycles. The predicted octanol–water partition coefficient (Wildman–Crippen LogP) is 2.76. The van der Waals surface area contributed by atoms with Crippen LogP contribution in [0, 0.1) is 0 Å². The van der Waals surface area contributed by atoms with Gasteiger partial charge in [0.15, 0.2) is 0 Å². The zero-order valence-electron chi connectivity index (χ0n) is 13.1. The zero-order valence-corrected chi connectivity index (χ0v) is 13.1. The highest BCUT2D eigenvalue weighted by molar-refractivity contribution is 5.81. The highest BCUT2D eigenvalue weighted by Crippen LogP contribution is 2.27. The van der Waals surface area contributed by atoms with E-state index in [9.17, 15) is 0 Å². The first-order valence-corrected chi connectivity index (χ1v) is 8.14. The summed E-state index contributed by atoms with van der Waals surface area (Å²) >= 11 is 0. The van der Waals surface area contributed by atoms with Crippen LogP contribution in [-0.2, 0) is 13.1 Å². The summed E-state index contributed by atoms with van der Waals surface area (Å²) in [5, 5.41) is 6.12. The number of para-hydroxylation sites is 1. The molecule has 2 N–H and O–H groups in total. The molecule has 2 unspecified atom stereocenters. The second-order valence-electron chi connectivity index (χ2n) is 6.12. The molecule has 0 saturated carbocycles. The van der Waals surface area contributed by atoms with E-state index in [-0.39, 0.29) is 0 Å². The maximum absolute atomic E-state index is 5.99. The fourth-order valence-electron chi connectivity index (χ4n) is 3.61. The Morgan fingerprint density at radius 3 is 2.86 bits per heavy atom. The number of piperidine rings is 1. The molecule has 1 saturated heterocycles. The van der Waals surface area contributed by atoms with E-state index in [1.54, 1.807) is 0 Å². The van der Waals surface area contributed by atoms with Gasteiger partial charge in [-0.1, -0.05) is 24.6 Å². The number of nitrogens with two attached hydrogens (primary N) is 1. The van der Waals surface area contributed by atoms with E-state index >= 15 is 0 Å². The van der Waals surface area contributed by atoms with E-state index in [2.05, 4.69) is 47.7 Å². The molecule has 0 radical (unpaired) electrons. The van der Waals surface area contributed by atoms with Crippen molar-refractivity contribution in [3.05, 3.63) is 30.0 Å². The molecule has 0 spiro atoms. The number of likely N-dealkylation sites (tertiary alicyclic amines) is 1. The molecule has 1 aliphatic heterocycles. The van der Waals surface area contributed by atoms with E-state index in [1.807, 2.05) is 0 Å². The van der Waals surface area contributed by atoms with Gasteiger partial charge in [0, 0.05) is 37.1 Å². The Hall–Kier alpha value is -1.39. The fraction of sp³-hybridized carbons (Fsp3) is 0.588. The molecule has 0 amide bonds. The van der Waals surface area contributed by atoms with Crippen molar-refractivity contribution in [2.24, 2.45) is 5.73 Å². The summed E-state index contributed by atoms with van der Waals surface area (Å²) in [6.45, 7) is 7.04. The number of fused-ring (bicyclic) bond motifs is 1. The lowest BCUT2D eigenvalue weighted by Gasteiger charge is -2.39. The van der Waals surface area contributed by atoms with Gasteiger partial charge in [-0.15, -0.1) is 0 Å². The van der Waals surface area contributed by atoms with Gasteiger partial charge in [-0.2, -0.15) is 5.10 Å². The summed E-state index contributed by atoms with van der Waals surface area (Å²) in [7, 11) is 0. The number of benzene rings is 1. The molecule has 1 aromatic carbocycles. The Labute approximate surface area is 126 Å². The Kier molecular flexibility index (Phi) is 4.27. The molecule has 1 aliphatic rings. The first kappa shape index (κ1) is 14.5. The Balaban J connectivity index is 1.93. The summed E-state index contributed by atoms with van der Waals surface area (Å²) in [5.74, 6) is 0. The largest absolute Gasteiger partial charge is 0.329 e. The molecule has 3 rings (SSSR count). The summed E-state index contributed by atoms with van der Waals surface area (Å²) in [6, 6.07) is 9.64. The molecule has 1 aromatic heterocycles. The maximum atomic E-state index is 5.99. The number of hydrogen-bond acceptors (Lipinski definition) is 3. The van der Waals surface area contributed by atoms with Gasteiger partial charge in [0.2, 0.25) is 0 Å². The van der Waals surface area contributed by atoms with Crippen LogP contribution < -0.4 is 5.73 Å². The number of aromatic nitrogens is 2. The monoisotopic (exact) mass is 286 g/mol. The van der Waals surface area contributed by atoms with Crippen LogP contribution in [0.4, 0.5) is 0 Å². The molecule has 0 aliphatic carbocycles. The third kappa shape index (κ3) is 2.70. The van der Waals surface area contributed by atoms with Gasteiger partial charge < -0.3 is 5.73 Å². The smallest absolute Gasteiger partial charge is 0.0843 e. The van der Waals surface area contributed by atoms with Crippen LogP contribution in [0.25, 0.3) is 10.9 Å². The van der Waals surface area contributed by atoms with Gasteiger partial charge in [0.05, 0.1) is 11.2 Å². The van der Waals surface area contributed by atoms with Crippen LogP contribution in [-0.4, -0.2) is 33.3 Å². The van der Waals surface area contributed by atoms with Crippen molar-refractivity contribution in [2.75, 3.05) is 6.54 Å². The summed E-state index contributed by atoms with van der Waals surface area (Å²) in [6.07, 6.45) is 3.78. The van der Waals surface area contributed by atoms with Gasteiger partial charge in [-0.3, -0.25) is 9.58 Å². The van der Waals surface area contributed by atoms with E-state index in [0.29, 0.717) is 12.1 Å². The van der Waals surface area contributed by atoms with Crippen LogP contribution in [0.2, 0.25) is 0 Å². The Morgan fingerprint density at radius 1 is 1.29 bits per heavy atom. The van der Waals surface area contributed by atoms with Crippen LogP contribution in [0.1, 0.15) is 38.8 Å². The van der Waals surface area contributed by atoms with Crippen molar-refractivity contribution < 1.29 is 0 Å². The van der Waals surface area contributed by atoms with Crippen molar-refractivity contribution in [3.8, 4) is 0 Å². The van der Waals surface area contributed by atoms with Gasteiger partial charge in [0.25, 0.3) is 0 Å². The van der Waals surface area contributed by atoms with Gasteiger partial charge in [-0.25, -0.2) is 0 Å². The lowest BCUT2D eigenvalue weighted by molar-refractivity contribution is 0.0880. The topological polar surface area (TPSA) is 47.1 Å². The van der Waals surface area contributed by atoms with E-state index in [4.69, 9.17) is 10.8 Å². The molecule has 4 nitrogen and oxygen atoms in total. The van der Waals surface area contributed by atoms with Crippen LogP contribution >= 0.6 is 0 Å². The zero-order chi connectivity index (χ0) is 14.8. The molecule has 21 heavy (non-hydrogen) atoms. The van der Waals surface area contributed by atoms with Crippen LogP contribution in [0.5, 0.6) is 0 Å². The second kappa shape index (κ2) is 6.16. The van der Waals surface area contributed by atoms with Crippen molar-refractivity contribution in [3.63, 3.8) is 0 Å². The number of nitrogens with zero attached hydrogens (tertiary/aromatic N) is 3. The Morgan fingerprint density at radius 2 is 2.10 bits per heavy atom. The molecular formula is C17H26N4. The van der Waals surface area contributed by atoms with Crippen molar-refractivity contribution in [1.29, 1.82) is 0 Å². The van der Waals surface area contributed by atoms with Crippen LogP contribution in [0.3, 0.4) is 0 Å². The lowest BCUT2D eigenvalue weighted by atomic mass is 9.96. The number of hydrogen-bond donors (Lipinski definition) is 1. The van der Waals surface area contributed by atoms with Gasteiger partial charge >= 0.3 is 0 Å². The maximum Gasteiger partial charge on any atom is 0.0843 e. The lowest BCUT2D eigenvalue weighted by Crippen LogP contribution is -2.48. The number of rotatable bonds is 4. The Bertz CT molecular complexity index is 604. The van der Waals surface area contributed by atoms with E-state index in [0.717, 1.165) is 19.6 Å². The summed E-state index contributed by atoms with van der Waals surface area (Å²) < 4.78 is 2.11.